The van der Waals surface area contributed by atoms with Gasteiger partial charge in [0.1, 0.15) is 5.75 Å². The Morgan fingerprint density at radius 3 is 2.78 bits per heavy atom. The minimum Gasteiger partial charge on any atom is -0.508 e. The molecule has 1 amide bonds. The number of aromatic hydroxyl groups is 1. The molecule has 0 aliphatic rings. The molecule has 1 N–H and O–H groups in total. The number of thioether (sulfide) groups is 1. The van der Waals surface area contributed by atoms with Crippen molar-refractivity contribution in [2.24, 2.45) is 0 Å². The molecule has 1 aromatic carbocycles. The third-order valence-corrected chi connectivity index (χ3v) is 3.76. The van der Waals surface area contributed by atoms with Crippen molar-refractivity contribution in [1.29, 1.82) is 0 Å². The van der Waals surface area contributed by atoms with Crippen molar-refractivity contribution >= 4 is 17.7 Å². The second-order valence-electron chi connectivity index (χ2n) is 4.37. The summed E-state index contributed by atoms with van der Waals surface area (Å²) < 4.78 is 0. The smallest absolute Gasteiger partial charge is 0.227 e. The Morgan fingerprint density at radius 2 is 2.22 bits per heavy atom. The number of carbonyl (C=O) groups excluding carboxylic acids is 1. The summed E-state index contributed by atoms with van der Waals surface area (Å²) in [7, 11) is 1.86. The van der Waals surface area contributed by atoms with E-state index in [2.05, 4.69) is 13.2 Å². The largest absolute Gasteiger partial charge is 0.508 e. The number of phenolic OH excluding ortho intramolecular Hbond substituents is 1. The lowest BCUT2D eigenvalue weighted by Gasteiger charge is -2.26. The lowest BCUT2D eigenvalue weighted by Crippen LogP contribution is -2.39. The van der Waals surface area contributed by atoms with Crippen LogP contribution in [0.2, 0.25) is 0 Å². The van der Waals surface area contributed by atoms with Crippen LogP contribution in [0, 0.1) is 0 Å². The van der Waals surface area contributed by atoms with E-state index < -0.39 is 0 Å². The van der Waals surface area contributed by atoms with E-state index in [0.717, 1.165) is 17.7 Å². The van der Waals surface area contributed by atoms with Crippen LogP contribution < -0.4 is 0 Å². The Balaban J connectivity index is 2.64. The lowest BCUT2D eigenvalue weighted by atomic mass is 10.1. The maximum atomic E-state index is 12.1. The SMILES string of the molecule is CCC(CSC)N(C)C(=O)Cc1cccc(O)c1. The highest BCUT2D eigenvalue weighted by molar-refractivity contribution is 7.98. The molecule has 0 radical (unpaired) electrons. The number of carbonyl (C=O) groups is 1. The first-order chi connectivity index (χ1) is 8.58. The Hall–Kier alpha value is -1.16. The van der Waals surface area contributed by atoms with Crippen molar-refractivity contribution in [2.75, 3.05) is 19.1 Å². The Labute approximate surface area is 113 Å². The van der Waals surface area contributed by atoms with Gasteiger partial charge in [0.2, 0.25) is 5.91 Å². The fourth-order valence-corrected chi connectivity index (χ4v) is 2.71. The highest BCUT2D eigenvalue weighted by Gasteiger charge is 2.18. The number of nitrogens with zero attached hydrogens (tertiary/aromatic N) is 1. The summed E-state index contributed by atoms with van der Waals surface area (Å²) in [6.07, 6.45) is 3.36. The van der Waals surface area contributed by atoms with Crippen LogP contribution in [0.1, 0.15) is 18.9 Å². The summed E-state index contributed by atoms with van der Waals surface area (Å²) >= 11 is 1.75. The van der Waals surface area contributed by atoms with Crippen molar-refractivity contribution in [3.05, 3.63) is 29.8 Å². The molecule has 100 valence electrons. The maximum absolute atomic E-state index is 12.1. The van der Waals surface area contributed by atoms with Gasteiger partial charge in [-0.15, -0.1) is 0 Å². The van der Waals surface area contributed by atoms with Crippen molar-refractivity contribution in [1.82, 2.24) is 4.90 Å². The third-order valence-electron chi connectivity index (χ3n) is 3.04. The monoisotopic (exact) mass is 267 g/mol. The predicted octanol–water partition coefficient (Wildman–Crippen LogP) is 2.53. The zero-order valence-electron chi connectivity index (χ0n) is 11.2. The van der Waals surface area contributed by atoms with E-state index in [0.29, 0.717) is 6.42 Å². The van der Waals surface area contributed by atoms with Gasteiger partial charge in [-0.2, -0.15) is 11.8 Å². The molecule has 0 heterocycles. The van der Waals surface area contributed by atoms with Gasteiger partial charge in [0.15, 0.2) is 0 Å². The molecule has 0 saturated heterocycles. The van der Waals surface area contributed by atoms with Crippen LogP contribution in [-0.2, 0) is 11.2 Å². The van der Waals surface area contributed by atoms with Crippen molar-refractivity contribution in [3.63, 3.8) is 0 Å². The lowest BCUT2D eigenvalue weighted by molar-refractivity contribution is -0.130. The average Bonchev–Trinajstić information content (AvgIpc) is 2.35. The molecular formula is C14H21NO2S. The standard InChI is InChI=1S/C14H21NO2S/c1-4-12(10-18-3)15(2)14(17)9-11-6-5-7-13(16)8-11/h5-8,12,16H,4,9-10H2,1-3H3. The highest BCUT2D eigenvalue weighted by atomic mass is 32.2. The molecule has 4 heteroatoms. The minimum absolute atomic E-state index is 0.0986. The van der Waals surface area contributed by atoms with Crippen LogP contribution in [0.25, 0.3) is 0 Å². The zero-order valence-corrected chi connectivity index (χ0v) is 12.0. The van der Waals surface area contributed by atoms with Gasteiger partial charge in [0.25, 0.3) is 0 Å². The summed E-state index contributed by atoms with van der Waals surface area (Å²) in [5.41, 5.74) is 0.853. The first-order valence-corrected chi connectivity index (χ1v) is 7.50. The van der Waals surface area contributed by atoms with Gasteiger partial charge in [0, 0.05) is 18.8 Å². The number of hydrogen-bond acceptors (Lipinski definition) is 3. The molecule has 0 aliphatic heterocycles. The van der Waals surface area contributed by atoms with Crippen molar-refractivity contribution in [3.8, 4) is 5.75 Å². The fraction of sp³-hybridized carbons (Fsp3) is 0.500. The molecule has 0 fully saturated rings. The van der Waals surface area contributed by atoms with E-state index in [4.69, 9.17) is 0 Å². The molecule has 0 spiro atoms. The van der Waals surface area contributed by atoms with Gasteiger partial charge >= 0.3 is 0 Å². The summed E-state index contributed by atoms with van der Waals surface area (Å²) in [6, 6.07) is 7.16. The Morgan fingerprint density at radius 1 is 1.50 bits per heavy atom. The van der Waals surface area contributed by atoms with Gasteiger partial charge in [0.05, 0.1) is 6.42 Å². The highest BCUT2D eigenvalue weighted by Crippen LogP contribution is 2.14. The molecule has 3 nitrogen and oxygen atoms in total. The predicted molar refractivity (Wildman–Crippen MR) is 77.0 cm³/mol. The van der Waals surface area contributed by atoms with Gasteiger partial charge in [-0.3, -0.25) is 4.79 Å². The van der Waals surface area contributed by atoms with Gasteiger partial charge in [-0.1, -0.05) is 19.1 Å². The summed E-state index contributed by atoms with van der Waals surface area (Å²) in [6.45, 7) is 2.10. The quantitative estimate of drug-likeness (QED) is 0.861. The van der Waals surface area contributed by atoms with Crippen LogP contribution in [0.15, 0.2) is 24.3 Å². The Bertz CT molecular complexity index is 395. The van der Waals surface area contributed by atoms with Crippen molar-refractivity contribution in [2.45, 2.75) is 25.8 Å². The second kappa shape index (κ2) is 7.31. The number of amides is 1. The van der Waals surface area contributed by atoms with Crippen LogP contribution >= 0.6 is 11.8 Å². The van der Waals surface area contributed by atoms with Crippen LogP contribution in [0.5, 0.6) is 5.75 Å². The first kappa shape index (κ1) is 14.9. The number of hydrogen-bond donors (Lipinski definition) is 1. The van der Waals surface area contributed by atoms with Gasteiger partial charge in [-0.05, 0) is 30.4 Å². The molecule has 1 atom stereocenters. The fourth-order valence-electron chi connectivity index (χ4n) is 1.87. The molecule has 0 bridgehead atoms. The topological polar surface area (TPSA) is 40.5 Å². The minimum atomic E-state index is 0.0986. The molecule has 1 aromatic rings. The third kappa shape index (κ3) is 4.26. The number of likely N-dealkylation sites (N-methyl/N-ethyl adjacent to an activating group) is 1. The van der Waals surface area contributed by atoms with E-state index in [1.54, 1.807) is 30.0 Å². The second-order valence-corrected chi connectivity index (χ2v) is 5.28. The zero-order chi connectivity index (χ0) is 13.5. The molecule has 1 rings (SSSR count). The number of phenols is 1. The molecule has 0 aromatic heterocycles. The van der Waals surface area contributed by atoms with E-state index >= 15 is 0 Å². The normalized spacial score (nSPS) is 12.2. The average molecular weight is 267 g/mol. The van der Waals surface area contributed by atoms with Crippen LogP contribution in [0.4, 0.5) is 0 Å². The van der Waals surface area contributed by atoms with E-state index in [-0.39, 0.29) is 17.7 Å². The molecule has 18 heavy (non-hydrogen) atoms. The molecular weight excluding hydrogens is 246 g/mol. The van der Waals surface area contributed by atoms with E-state index in [1.165, 1.54) is 0 Å². The van der Waals surface area contributed by atoms with E-state index in [9.17, 15) is 9.90 Å². The summed E-state index contributed by atoms with van der Waals surface area (Å²) in [5, 5.41) is 9.38. The molecule has 0 saturated carbocycles. The van der Waals surface area contributed by atoms with Gasteiger partial charge < -0.3 is 10.0 Å². The summed E-state index contributed by atoms with van der Waals surface area (Å²) in [4.78, 5) is 14.0. The first-order valence-electron chi connectivity index (χ1n) is 6.11. The Kier molecular flexibility index (Phi) is 6.05. The van der Waals surface area contributed by atoms with Crippen LogP contribution in [-0.4, -0.2) is 41.0 Å². The van der Waals surface area contributed by atoms with Gasteiger partial charge in [-0.25, -0.2) is 0 Å². The van der Waals surface area contributed by atoms with Crippen molar-refractivity contribution < 1.29 is 9.90 Å². The number of benzene rings is 1. The molecule has 0 aliphatic carbocycles. The molecule has 1 unspecified atom stereocenters. The number of rotatable bonds is 6. The van der Waals surface area contributed by atoms with Crippen LogP contribution in [0.3, 0.4) is 0 Å². The summed E-state index contributed by atoms with van der Waals surface area (Å²) in [5.74, 6) is 1.26. The maximum Gasteiger partial charge on any atom is 0.227 e. The van der Waals surface area contributed by atoms with E-state index in [1.807, 2.05) is 18.0 Å².